The van der Waals surface area contributed by atoms with Gasteiger partial charge in [-0.2, -0.15) is 4.31 Å². The zero-order valence-electron chi connectivity index (χ0n) is 17.2. The zero-order chi connectivity index (χ0) is 22.3. The molecular weight excluding hydrogens is 455 g/mol. The first-order valence-electron chi connectivity index (χ1n) is 10.3. The highest BCUT2D eigenvalue weighted by Crippen LogP contribution is 2.22. The highest BCUT2D eigenvalue weighted by molar-refractivity contribution is 7.89. The lowest BCUT2D eigenvalue weighted by Gasteiger charge is -2.22. The van der Waals surface area contributed by atoms with Crippen molar-refractivity contribution in [3.63, 3.8) is 0 Å². The van der Waals surface area contributed by atoms with Crippen molar-refractivity contribution in [2.45, 2.75) is 43.5 Å². The van der Waals surface area contributed by atoms with Crippen LogP contribution in [0.3, 0.4) is 0 Å². The highest BCUT2D eigenvalue weighted by Gasteiger charge is 2.27. The van der Waals surface area contributed by atoms with Crippen LogP contribution in [0.2, 0.25) is 10.0 Å². The Balaban J connectivity index is 1.71. The van der Waals surface area contributed by atoms with Crippen molar-refractivity contribution in [1.29, 1.82) is 0 Å². The number of benzene rings is 2. The van der Waals surface area contributed by atoms with E-state index in [-0.39, 0.29) is 23.9 Å². The topological polar surface area (TPSA) is 66.5 Å². The van der Waals surface area contributed by atoms with Gasteiger partial charge in [-0.3, -0.25) is 4.79 Å². The molecule has 0 spiro atoms. The fraction of sp³-hybridized carbons (Fsp3) is 0.348. The molecular formula is C23H26Cl2N2O3S. The maximum atomic E-state index is 13.2. The molecule has 1 aliphatic rings. The van der Waals surface area contributed by atoms with Crippen molar-refractivity contribution in [2.24, 2.45) is 0 Å². The quantitative estimate of drug-likeness (QED) is 0.502. The molecule has 2 aromatic rings. The lowest BCUT2D eigenvalue weighted by molar-refractivity contribution is -0.121. The molecule has 0 atom stereocenters. The second kappa shape index (κ2) is 11.1. The molecule has 0 unspecified atom stereocenters. The Morgan fingerprint density at radius 2 is 1.61 bits per heavy atom. The van der Waals surface area contributed by atoms with Gasteiger partial charge in [0.2, 0.25) is 15.9 Å². The molecule has 1 N–H and O–H groups in total. The molecule has 3 rings (SSSR count). The van der Waals surface area contributed by atoms with E-state index in [9.17, 15) is 13.2 Å². The third-order valence-electron chi connectivity index (χ3n) is 5.20. The number of amides is 1. The third-order valence-corrected chi connectivity index (χ3v) is 7.51. The average molecular weight is 481 g/mol. The number of carbonyl (C=O) groups excluding carboxylic acids is 1. The molecule has 166 valence electrons. The molecule has 2 aromatic carbocycles. The van der Waals surface area contributed by atoms with Crippen molar-refractivity contribution in [2.75, 3.05) is 13.1 Å². The van der Waals surface area contributed by atoms with Gasteiger partial charge >= 0.3 is 0 Å². The minimum absolute atomic E-state index is 0.0563. The summed E-state index contributed by atoms with van der Waals surface area (Å²) < 4.78 is 27.7. The van der Waals surface area contributed by atoms with E-state index in [2.05, 4.69) is 11.4 Å². The first-order valence-corrected chi connectivity index (χ1v) is 12.5. The largest absolute Gasteiger partial charge is 0.355 e. The zero-order valence-corrected chi connectivity index (χ0v) is 19.5. The van der Waals surface area contributed by atoms with Crippen molar-refractivity contribution in [1.82, 2.24) is 9.62 Å². The van der Waals surface area contributed by atoms with Gasteiger partial charge in [0.25, 0.3) is 0 Å². The van der Waals surface area contributed by atoms with Gasteiger partial charge in [-0.25, -0.2) is 8.42 Å². The second-order valence-corrected chi connectivity index (χ2v) is 10.4. The lowest BCUT2D eigenvalue weighted by Crippen LogP contribution is -2.40. The predicted octanol–water partition coefficient (Wildman–Crippen LogP) is 5.19. The lowest BCUT2D eigenvalue weighted by atomic mass is 9.97. The summed E-state index contributed by atoms with van der Waals surface area (Å²) in [5.41, 5.74) is 2.10. The van der Waals surface area contributed by atoms with Crippen LogP contribution in [0.4, 0.5) is 0 Å². The van der Waals surface area contributed by atoms with E-state index in [1.165, 1.54) is 47.0 Å². The maximum Gasteiger partial charge on any atom is 0.243 e. The first-order chi connectivity index (χ1) is 14.8. The van der Waals surface area contributed by atoms with Crippen LogP contribution >= 0.6 is 23.2 Å². The molecule has 8 heteroatoms. The van der Waals surface area contributed by atoms with Gasteiger partial charge in [0.15, 0.2) is 0 Å². The van der Waals surface area contributed by atoms with Crippen molar-refractivity contribution in [3.8, 4) is 0 Å². The Bertz CT molecular complexity index is 1020. The van der Waals surface area contributed by atoms with E-state index in [0.717, 1.165) is 24.8 Å². The first kappa shape index (κ1) is 23.8. The monoisotopic (exact) mass is 480 g/mol. The molecule has 5 nitrogen and oxygen atoms in total. The minimum Gasteiger partial charge on any atom is -0.355 e. The van der Waals surface area contributed by atoms with Gasteiger partial charge in [-0.15, -0.1) is 0 Å². The Hall–Kier alpha value is -1.86. The number of halogens is 2. The summed E-state index contributed by atoms with van der Waals surface area (Å²) in [6, 6.07) is 12.8. The SMILES string of the molecule is O=C(CN(Cc1ccc(Cl)cc1)S(=O)(=O)c1ccc(Cl)cc1)NCCC1=CCCCC1. The summed E-state index contributed by atoms with van der Waals surface area (Å²) in [5, 5.41) is 3.86. The van der Waals surface area contributed by atoms with Gasteiger partial charge < -0.3 is 5.32 Å². The predicted molar refractivity (Wildman–Crippen MR) is 125 cm³/mol. The van der Waals surface area contributed by atoms with E-state index < -0.39 is 10.0 Å². The number of hydrogen-bond donors (Lipinski definition) is 1. The van der Waals surface area contributed by atoms with Crippen LogP contribution in [0.15, 0.2) is 65.1 Å². The van der Waals surface area contributed by atoms with Crippen LogP contribution < -0.4 is 5.32 Å². The van der Waals surface area contributed by atoms with E-state index >= 15 is 0 Å². The fourth-order valence-electron chi connectivity index (χ4n) is 3.49. The Labute approximate surface area is 194 Å². The maximum absolute atomic E-state index is 13.2. The molecule has 0 aromatic heterocycles. The summed E-state index contributed by atoms with van der Waals surface area (Å²) in [4.78, 5) is 12.7. The molecule has 1 aliphatic carbocycles. The van der Waals surface area contributed by atoms with Crippen LogP contribution in [-0.2, 0) is 21.4 Å². The number of nitrogens with one attached hydrogen (secondary N) is 1. The second-order valence-electron chi connectivity index (χ2n) is 7.56. The van der Waals surface area contributed by atoms with E-state index in [1.807, 2.05) is 0 Å². The number of carbonyl (C=O) groups is 1. The number of nitrogens with zero attached hydrogens (tertiary/aromatic N) is 1. The smallest absolute Gasteiger partial charge is 0.243 e. The Morgan fingerprint density at radius 3 is 2.23 bits per heavy atom. The summed E-state index contributed by atoms with van der Waals surface area (Å²) in [7, 11) is -3.90. The Morgan fingerprint density at radius 1 is 0.968 bits per heavy atom. The summed E-state index contributed by atoms with van der Waals surface area (Å²) >= 11 is 11.8. The summed E-state index contributed by atoms with van der Waals surface area (Å²) in [5.74, 6) is -0.331. The van der Waals surface area contributed by atoms with E-state index in [4.69, 9.17) is 23.2 Å². The van der Waals surface area contributed by atoms with E-state index in [1.54, 1.807) is 24.3 Å². The van der Waals surface area contributed by atoms with E-state index in [0.29, 0.717) is 16.6 Å². The van der Waals surface area contributed by atoms with Crippen molar-refractivity contribution in [3.05, 3.63) is 75.8 Å². The third kappa shape index (κ3) is 7.07. The van der Waals surface area contributed by atoms with Crippen molar-refractivity contribution >= 4 is 39.1 Å². The van der Waals surface area contributed by atoms with Gasteiger partial charge in [-0.1, -0.05) is 47.0 Å². The standard InChI is InChI=1S/C23H26Cl2N2O3S/c24-20-8-6-19(7-9-20)16-27(31(29,30)22-12-10-21(25)11-13-22)17-23(28)26-15-14-18-4-2-1-3-5-18/h4,6-13H,1-3,5,14-17H2,(H,26,28). The van der Waals surface area contributed by atoms with Crippen LogP contribution in [0.25, 0.3) is 0 Å². The fourth-order valence-corrected chi connectivity index (χ4v) is 5.12. The molecule has 0 heterocycles. The minimum atomic E-state index is -3.90. The van der Waals surface area contributed by atoms with Gasteiger partial charge in [-0.05, 0) is 74.1 Å². The van der Waals surface area contributed by atoms with Crippen LogP contribution in [0.1, 0.15) is 37.7 Å². The normalized spacial score (nSPS) is 14.4. The molecule has 0 saturated carbocycles. The van der Waals surface area contributed by atoms with Gasteiger partial charge in [0.1, 0.15) is 0 Å². The number of rotatable bonds is 9. The highest BCUT2D eigenvalue weighted by atomic mass is 35.5. The van der Waals surface area contributed by atoms with Crippen LogP contribution in [-0.4, -0.2) is 31.7 Å². The molecule has 31 heavy (non-hydrogen) atoms. The molecule has 0 radical (unpaired) electrons. The van der Waals surface area contributed by atoms with Crippen LogP contribution in [0.5, 0.6) is 0 Å². The van der Waals surface area contributed by atoms with Gasteiger partial charge in [0, 0.05) is 23.1 Å². The molecule has 1 amide bonds. The molecule has 0 saturated heterocycles. The summed E-state index contributed by atoms with van der Waals surface area (Å²) in [6.45, 7) is 0.285. The Kier molecular flexibility index (Phi) is 8.55. The number of allylic oxidation sites excluding steroid dienone is 1. The molecule has 0 aliphatic heterocycles. The van der Waals surface area contributed by atoms with Crippen LogP contribution in [0, 0.1) is 0 Å². The molecule has 0 bridgehead atoms. The number of hydrogen-bond acceptors (Lipinski definition) is 3. The van der Waals surface area contributed by atoms with Crippen molar-refractivity contribution < 1.29 is 13.2 Å². The average Bonchev–Trinajstić information content (AvgIpc) is 2.76. The molecule has 0 fully saturated rings. The van der Waals surface area contributed by atoms with Gasteiger partial charge in [0.05, 0.1) is 11.4 Å². The number of sulfonamides is 1. The summed E-state index contributed by atoms with van der Waals surface area (Å²) in [6.07, 6.45) is 7.62.